The molecule has 4 rings (SSSR count). The lowest BCUT2D eigenvalue weighted by Crippen LogP contribution is -2.23. The van der Waals surface area contributed by atoms with Crippen molar-refractivity contribution in [3.8, 4) is 0 Å². The lowest BCUT2D eigenvalue weighted by atomic mass is 10.0. The van der Waals surface area contributed by atoms with E-state index < -0.39 is 29.2 Å². The van der Waals surface area contributed by atoms with E-state index in [1.165, 1.54) is 28.8 Å². The van der Waals surface area contributed by atoms with Gasteiger partial charge < -0.3 is 10.1 Å². The molecule has 3 heterocycles. The van der Waals surface area contributed by atoms with Gasteiger partial charge in [0.1, 0.15) is 30.1 Å². The molecule has 0 unspecified atom stereocenters. The number of anilines is 3. The van der Waals surface area contributed by atoms with Crippen LogP contribution in [0.1, 0.15) is 35.7 Å². The molecule has 0 aliphatic heterocycles. The highest BCUT2D eigenvalue weighted by Crippen LogP contribution is 2.35. The number of nitrogens with one attached hydrogen (secondary N) is 3. The molecule has 0 saturated heterocycles. The third kappa shape index (κ3) is 5.61. The van der Waals surface area contributed by atoms with Gasteiger partial charge in [0, 0.05) is 17.8 Å². The van der Waals surface area contributed by atoms with Crippen LogP contribution in [0.25, 0.3) is 5.52 Å². The van der Waals surface area contributed by atoms with Crippen LogP contribution < -0.4 is 16.1 Å². The maximum atomic E-state index is 14.6. The number of carbonyl (C=O) groups excluding carboxylic acids is 2. The summed E-state index contributed by atoms with van der Waals surface area (Å²) in [5.74, 6) is -2.88. The maximum Gasteiger partial charge on any atom is 0.411 e. The molecular weight excluding hydrogens is 492 g/mol. The molecule has 0 atom stereocenters. The Morgan fingerprint density at radius 3 is 2.68 bits per heavy atom. The van der Waals surface area contributed by atoms with Crippen molar-refractivity contribution in [1.29, 1.82) is 0 Å². The Morgan fingerprint density at radius 2 is 1.97 bits per heavy atom. The Morgan fingerprint density at radius 1 is 1.16 bits per heavy atom. The van der Waals surface area contributed by atoms with Gasteiger partial charge in [0.25, 0.3) is 5.91 Å². The molecule has 37 heavy (non-hydrogen) atoms. The van der Waals surface area contributed by atoms with Crippen LogP contribution in [0.2, 0.25) is 0 Å². The first kappa shape index (κ1) is 25.4. The number of ether oxygens (including phenoxy) is 1. The summed E-state index contributed by atoms with van der Waals surface area (Å²) in [6.45, 7) is 4.17. The van der Waals surface area contributed by atoms with Crippen molar-refractivity contribution in [1.82, 2.24) is 35.1 Å². The van der Waals surface area contributed by atoms with Gasteiger partial charge in [0.2, 0.25) is 0 Å². The zero-order chi connectivity index (χ0) is 26.5. The highest BCUT2D eigenvalue weighted by atomic mass is 19.1. The average molecular weight is 515 g/mol. The standard InChI is InChI=1S/C22H23F2N9O4/c1-12(2)18-17(29-22(35)37-7-6-32-5-4-26-31-32)10-33-19(18)20(25-11-27-33)28-16-8-13(21(34)30-36-3)14(23)9-15(16)24/h4-5,8-12H,6-7H2,1-3H3,(H,29,35)(H,30,34)(H,25,27,28). The zero-order valence-corrected chi connectivity index (χ0v) is 20.0. The first-order valence-electron chi connectivity index (χ1n) is 11.0. The minimum Gasteiger partial charge on any atom is -0.447 e. The monoisotopic (exact) mass is 515 g/mol. The fraction of sp³-hybridized carbons (Fsp3) is 0.273. The van der Waals surface area contributed by atoms with Gasteiger partial charge in [-0.05, 0) is 12.0 Å². The predicted octanol–water partition coefficient (Wildman–Crippen LogP) is 3.01. The molecular formula is C22H23F2N9O4. The number of carbonyl (C=O) groups is 2. The number of halogens is 2. The molecule has 194 valence electrons. The number of benzene rings is 1. The lowest BCUT2D eigenvalue weighted by molar-refractivity contribution is 0.0533. The third-order valence-corrected chi connectivity index (χ3v) is 5.20. The second-order valence-electron chi connectivity index (χ2n) is 8.01. The normalized spacial score (nSPS) is 11.1. The molecule has 0 spiro atoms. The van der Waals surface area contributed by atoms with Crippen LogP contribution in [-0.4, -0.2) is 55.3 Å². The topological polar surface area (TPSA) is 150 Å². The number of hydroxylamine groups is 1. The van der Waals surface area contributed by atoms with Crippen molar-refractivity contribution in [2.24, 2.45) is 0 Å². The molecule has 0 fully saturated rings. The van der Waals surface area contributed by atoms with Crippen LogP contribution in [0, 0.1) is 11.6 Å². The van der Waals surface area contributed by atoms with Gasteiger partial charge in [-0.1, -0.05) is 19.1 Å². The largest absolute Gasteiger partial charge is 0.447 e. The number of hydrogen-bond donors (Lipinski definition) is 3. The van der Waals surface area contributed by atoms with E-state index in [2.05, 4.69) is 35.9 Å². The van der Waals surface area contributed by atoms with E-state index >= 15 is 0 Å². The number of amides is 2. The molecule has 0 aliphatic rings. The van der Waals surface area contributed by atoms with E-state index in [0.29, 0.717) is 29.4 Å². The van der Waals surface area contributed by atoms with Crippen LogP contribution >= 0.6 is 0 Å². The Labute approximate surface area is 208 Å². The van der Waals surface area contributed by atoms with E-state index in [1.54, 1.807) is 12.4 Å². The van der Waals surface area contributed by atoms with Crippen LogP contribution in [0.3, 0.4) is 0 Å². The third-order valence-electron chi connectivity index (χ3n) is 5.20. The summed E-state index contributed by atoms with van der Waals surface area (Å²) in [6.07, 6.45) is 5.25. The van der Waals surface area contributed by atoms with E-state index in [-0.39, 0.29) is 24.0 Å². The maximum absolute atomic E-state index is 14.6. The minimum absolute atomic E-state index is 0.0645. The van der Waals surface area contributed by atoms with Crippen LogP contribution in [-0.2, 0) is 16.1 Å². The van der Waals surface area contributed by atoms with E-state index in [1.807, 2.05) is 19.3 Å². The van der Waals surface area contributed by atoms with Gasteiger partial charge in [-0.2, -0.15) is 5.10 Å². The Kier molecular flexibility index (Phi) is 7.52. The molecule has 0 radical (unpaired) electrons. The summed E-state index contributed by atoms with van der Waals surface area (Å²) >= 11 is 0. The molecule has 13 nitrogen and oxygen atoms in total. The SMILES string of the molecule is CONC(=O)c1cc(Nc2ncnn3cc(NC(=O)OCCn4ccnn4)c(C(C)C)c23)c(F)cc1F. The predicted molar refractivity (Wildman–Crippen MR) is 126 cm³/mol. The molecule has 15 heteroatoms. The van der Waals surface area contributed by atoms with Crippen LogP contribution in [0.5, 0.6) is 0 Å². The van der Waals surface area contributed by atoms with E-state index in [9.17, 15) is 18.4 Å². The van der Waals surface area contributed by atoms with Crippen molar-refractivity contribution in [3.63, 3.8) is 0 Å². The van der Waals surface area contributed by atoms with Gasteiger partial charge in [-0.15, -0.1) is 5.10 Å². The van der Waals surface area contributed by atoms with Crippen LogP contribution in [0.4, 0.5) is 30.8 Å². The summed E-state index contributed by atoms with van der Waals surface area (Å²) in [5.41, 5.74) is 2.82. The highest BCUT2D eigenvalue weighted by Gasteiger charge is 2.22. The fourth-order valence-electron chi connectivity index (χ4n) is 3.63. The van der Waals surface area contributed by atoms with Gasteiger partial charge in [0.15, 0.2) is 5.82 Å². The van der Waals surface area contributed by atoms with Crippen molar-refractivity contribution in [2.45, 2.75) is 26.3 Å². The van der Waals surface area contributed by atoms with Crippen molar-refractivity contribution in [3.05, 3.63) is 59.8 Å². The highest BCUT2D eigenvalue weighted by molar-refractivity contribution is 5.95. The van der Waals surface area contributed by atoms with Gasteiger partial charge >= 0.3 is 6.09 Å². The summed E-state index contributed by atoms with van der Waals surface area (Å²) in [6, 6.07) is 1.58. The number of nitrogens with zero attached hydrogens (tertiary/aromatic N) is 6. The Hall–Kier alpha value is -4.66. The minimum atomic E-state index is -1.06. The number of aromatic nitrogens is 6. The summed E-state index contributed by atoms with van der Waals surface area (Å²) < 4.78 is 37.0. The van der Waals surface area contributed by atoms with Crippen LogP contribution in [0.15, 0.2) is 37.1 Å². The second-order valence-corrected chi connectivity index (χ2v) is 8.01. The fourth-order valence-corrected chi connectivity index (χ4v) is 3.63. The summed E-state index contributed by atoms with van der Waals surface area (Å²) in [5, 5.41) is 17.1. The lowest BCUT2D eigenvalue weighted by Gasteiger charge is -2.13. The van der Waals surface area contributed by atoms with E-state index in [4.69, 9.17) is 4.74 Å². The quantitative estimate of drug-likeness (QED) is 0.286. The molecule has 0 aliphatic carbocycles. The van der Waals surface area contributed by atoms with Gasteiger partial charge in [0.05, 0.1) is 43.0 Å². The Balaban J connectivity index is 1.62. The number of fused-ring (bicyclic) bond motifs is 1. The molecule has 2 amide bonds. The number of hydrogen-bond acceptors (Lipinski definition) is 9. The molecule has 0 bridgehead atoms. The van der Waals surface area contributed by atoms with Crippen molar-refractivity contribution >= 4 is 34.7 Å². The molecule has 3 N–H and O–H groups in total. The zero-order valence-electron chi connectivity index (χ0n) is 20.0. The molecule has 1 aromatic carbocycles. The van der Waals surface area contributed by atoms with Gasteiger partial charge in [-0.25, -0.2) is 33.2 Å². The average Bonchev–Trinajstić information content (AvgIpc) is 3.49. The Bertz CT molecular complexity index is 1420. The van der Waals surface area contributed by atoms with E-state index in [0.717, 1.165) is 6.07 Å². The van der Waals surface area contributed by atoms with Gasteiger partial charge in [-0.3, -0.25) is 14.9 Å². The second kappa shape index (κ2) is 10.9. The van der Waals surface area contributed by atoms with Crippen molar-refractivity contribution < 1.29 is 27.9 Å². The number of rotatable bonds is 9. The molecule has 0 saturated carbocycles. The first-order valence-corrected chi connectivity index (χ1v) is 11.0. The summed E-state index contributed by atoms with van der Waals surface area (Å²) in [4.78, 5) is 33.2. The molecule has 4 aromatic rings. The van der Waals surface area contributed by atoms with Crippen molar-refractivity contribution in [2.75, 3.05) is 24.4 Å². The molecule has 3 aromatic heterocycles. The smallest absolute Gasteiger partial charge is 0.411 e. The summed E-state index contributed by atoms with van der Waals surface area (Å²) in [7, 11) is 1.19. The first-order chi connectivity index (χ1) is 17.8.